The van der Waals surface area contributed by atoms with Crippen LogP contribution in [0.3, 0.4) is 0 Å². The Labute approximate surface area is 113 Å². The third-order valence-electron chi connectivity index (χ3n) is 3.83. The number of halogens is 1. The van der Waals surface area contributed by atoms with Crippen molar-refractivity contribution in [3.63, 3.8) is 0 Å². The van der Waals surface area contributed by atoms with E-state index in [1.54, 1.807) is 24.1 Å². The van der Waals surface area contributed by atoms with E-state index in [0.717, 1.165) is 25.7 Å². The molecular weight excluding hydrogens is 245 g/mol. The summed E-state index contributed by atoms with van der Waals surface area (Å²) in [6.45, 7) is 1.84. The zero-order chi connectivity index (χ0) is 14.0. The van der Waals surface area contributed by atoms with Gasteiger partial charge in [0.05, 0.1) is 11.3 Å². The topological polar surface area (TPSA) is 40.5 Å². The van der Waals surface area contributed by atoms with E-state index in [1.807, 2.05) is 0 Å². The summed E-state index contributed by atoms with van der Waals surface area (Å²) in [5.74, 6) is -0.570. The number of ketones is 1. The van der Waals surface area contributed by atoms with Gasteiger partial charge >= 0.3 is 0 Å². The molecule has 0 amide bonds. The maximum absolute atomic E-state index is 14.0. The first-order valence-corrected chi connectivity index (χ1v) is 6.65. The highest BCUT2D eigenvalue weighted by Gasteiger charge is 2.32. The molecule has 1 fully saturated rings. The maximum Gasteiger partial charge on any atom is 0.159 e. The second-order valence-corrected chi connectivity index (χ2v) is 5.51. The van der Waals surface area contributed by atoms with Crippen LogP contribution in [0.5, 0.6) is 0 Å². The highest BCUT2D eigenvalue weighted by atomic mass is 19.1. The van der Waals surface area contributed by atoms with Gasteiger partial charge in [0.1, 0.15) is 5.82 Å². The summed E-state index contributed by atoms with van der Waals surface area (Å²) in [5.41, 5.74) is 0.0834. The second-order valence-electron chi connectivity index (χ2n) is 5.51. The largest absolute Gasteiger partial charge is 0.388 e. The van der Waals surface area contributed by atoms with Crippen LogP contribution in [0.15, 0.2) is 18.2 Å². The van der Waals surface area contributed by atoms with E-state index < -0.39 is 11.4 Å². The van der Waals surface area contributed by atoms with Crippen molar-refractivity contribution in [2.24, 2.45) is 0 Å². The minimum Gasteiger partial charge on any atom is -0.388 e. The zero-order valence-electron chi connectivity index (χ0n) is 11.4. The van der Waals surface area contributed by atoms with Crippen LogP contribution < -0.4 is 4.90 Å². The number of benzene rings is 1. The molecule has 1 aliphatic rings. The van der Waals surface area contributed by atoms with Crippen LogP contribution in [-0.4, -0.2) is 30.1 Å². The molecule has 0 unspecified atom stereocenters. The van der Waals surface area contributed by atoms with Gasteiger partial charge in [-0.05, 0) is 38.0 Å². The van der Waals surface area contributed by atoms with Crippen LogP contribution >= 0.6 is 0 Å². The van der Waals surface area contributed by atoms with E-state index in [9.17, 15) is 14.3 Å². The Bertz CT molecular complexity index is 481. The van der Waals surface area contributed by atoms with Gasteiger partial charge in [0.15, 0.2) is 5.78 Å². The second kappa shape index (κ2) is 5.29. The van der Waals surface area contributed by atoms with E-state index in [1.165, 1.54) is 13.0 Å². The molecule has 1 aromatic carbocycles. The summed E-state index contributed by atoms with van der Waals surface area (Å²) in [5, 5.41) is 10.3. The molecule has 2 rings (SSSR count). The van der Waals surface area contributed by atoms with Gasteiger partial charge in [0, 0.05) is 19.2 Å². The van der Waals surface area contributed by atoms with E-state index in [4.69, 9.17) is 0 Å². The highest BCUT2D eigenvalue weighted by Crippen LogP contribution is 2.31. The van der Waals surface area contributed by atoms with Crippen LogP contribution in [-0.2, 0) is 0 Å². The lowest BCUT2D eigenvalue weighted by atomic mass is 10.0. The van der Waals surface area contributed by atoms with E-state index in [-0.39, 0.29) is 5.78 Å². The quantitative estimate of drug-likeness (QED) is 0.851. The molecule has 1 aromatic rings. The number of carbonyl (C=O) groups is 1. The first-order chi connectivity index (χ1) is 8.91. The molecule has 1 saturated carbocycles. The fraction of sp³-hybridized carbons (Fsp3) is 0.533. The molecule has 0 atom stereocenters. The molecule has 0 radical (unpaired) electrons. The molecule has 1 N–H and O–H groups in total. The van der Waals surface area contributed by atoms with Crippen molar-refractivity contribution < 1.29 is 14.3 Å². The number of aliphatic hydroxyl groups is 1. The van der Waals surface area contributed by atoms with Crippen molar-refractivity contribution in [1.29, 1.82) is 0 Å². The first-order valence-electron chi connectivity index (χ1n) is 6.65. The summed E-state index contributed by atoms with van der Waals surface area (Å²) in [6, 6.07) is 4.48. The molecule has 0 saturated heterocycles. The number of anilines is 1. The third kappa shape index (κ3) is 3.13. The molecule has 0 heterocycles. The van der Waals surface area contributed by atoms with Crippen LogP contribution in [0.1, 0.15) is 43.0 Å². The van der Waals surface area contributed by atoms with Gasteiger partial charge in [-0.3, -0.25) is 4.79 Å². The van der Waals surface area contributed by atoms with Crippen LogP contribution in [0, 0.1) is 5.82 Å². The Morgan fingerprint density at radius 2 is 2.05 bits per heavy atom. The smallest absolute Gasteiger partial charge is 0.159 e. The van der Waals surface area contributed by atoms with Gasteiger partial charge in [-0.2, -0.15) is 0 Å². The number of hydrogen-bond donors (Lipinski definition) is 1. The van der Waals surface area contributed by atoms with Gasteiger partial charge < -0.3 is 10.0 Å². The van der Waals surface area contributed by atoms with Crippen molar-refractivity contribution >= 4 is 11.5 Å². The lowest BCUT2D eigenvalue weighted by Gasteiger charge is -2.30. The average molecular weight is 265 g/mol. The van der Waals surface area contributed by atoms with Crippen molar-refractivity contribution in [3.8, 4) is 0 Å². The number of carbonyl (C=O) groups excluding carboxylic acids is 1. The lowest BCUT2D eigenvalue weighted by Crippen LogP contribution is -2.39. The van der Waals surface area contributed by atoms with E-state index in [2.05, 4.69) is 0 Å². The van der Waals surface area contributed by atoms with Gasteiger partial charge in [0.25, 0.3) is 0 Å². The van der Waals surface area contributed by atoms with Gasteiger partial charge in [-0.15, -0.1) is 0 Å². The molecule has 3 nitrogen and oxygen atoms in total. The fourth-order valence-electron chi connectivity index (χ4n) is 2.75. The number of Topliss-reactive ketones (excluding diaryl/α,β-unsaturated/α-hetero) is 1. The zero-order valence-corrected chi connectivity index (χ0v) is 11.4. The molecule has 0 bridgehead atoms. The van der Waals surface area contributed by atoms with Crippen LogP contribution in [0.2, 0.25) is 0 Å². The Kier molecular flexibility index (Phi) is 3.90. The summed E-state index contributed by atoms with van der Waals surface area (Å²) in [7, 11) is 1.77. The summed E-state index contributed by atoms with van der Waals surface area (Å²) in [6.07, 6.45) is 3.58. The average Bonchev–Trinajstić information content (AvgIpc) is 2.75. The summed E-state index contributed by atoms with van der Waals surface area (Å²) in [4.78, 5) is 12.9. The number of nitrogens with zero attached hydrogens (tertiary/aromatic N) is 1. The standard InChI is InChI=1S/C15H20FNO2/c1-11(18)12-5-6-14(13(16)9-12)17(2)10-15(19)7-3-4-8-15/h5-6,9,19H,3-4,7-8,10H2,1-2H3. The van der Waals surface area contributed by atoms with Crippen molar-refractivity contribution in [2.75, 3.05) is 18.5 Å². The van der Waals surface area contributed by atoms with Gasteiger partial charge in [-0.1, -0.05) is 12.8 Å². The predicted molar refractivity (Wildman–Crippen MR) is 73.1 cm³/mol. The van der Waals surface area contributed by atoms with Crippen molar-refractivity contribution in [1.82, 2.24) is 0 Å². The summed E-state index contributed by atoms with van der Waals surface area (Å²) >= 11 is 0. The summed E-state index contributed by atoms with van der Waals surface area (Å²) < 4.78 is 14.0. The van der Waals surface area contributed by atoms with Gasteiger partial charge in [0.2, 0.25) is 0 Å². The molecule has 19 heavy (non-hydrogen) atoms. The molecule has 104 valence electrons. The van der Waals surface area contributed by atoms with Crippen molar-refractivity contribution in [2.45, 2.75) is 38.2 Å². The normalized spacial score (nSPS) is 17.5. The molecular formula is C15H20FNO2. The number of likely N-dealkylation sites (N-methyl/N-ethyl adjacent to an activating group) is 1. The minimum atomic E-state index is -0.708. The Balaban J connectivity index is 2.15. The predicted octanol–water partition coefficient (Wildman–Crippen LogP) is 2.77. The molecule has 0 aliphatic heterocycles. The monoisotopic (exact) mass is 265 g/mol. The van der Waals surface area contributed by atoms with E-state index in [0.29, 0.717) is 17.8 Å². The minimum absolute atomic E-state index is 0.150. The first kappa shape index (κ1) is 14.0. The van der Waals surface area contributed by atoms with E-state index >= 15 is 0 Å². The molecule has 1 aliphatic carbocycles. The maximum atomic E-state index is 14.0. The Morgan fingerprint density at radius 3 is 2.58 bits per heavy atom. The number of rotatable bonds is 4. The Morgan fingerprint density at radius 1 is 1.42 bits per heavy atom. The SMILES string of the molecule is CC(=O)c1ccc(N(C)CC2(O)CCCC2)c(F)c1. The van der Waals surface area contributed by atoms with Gasteiger partial charge in [-0.25, -0.2) is 4.39 Å². The molecule has 0 spiro atoms. The van der Waals surface area contributed by atoms with Crippen molar-refractivity contribution in [3.05, 3.63) is 29.6 Å². The molecule has 0 aromatic heterocycles. The van der Waals surface area contributed by atoms with Crippen LogP contribution in [0.25, 0.3) is 0 Å². The Hall–Kier alpha value is -1.42. The third-order valence-corrected chi connectivity index (χ3v) is 3.83. The lowest BCUT2D eigenvalue weighted by molar-refractivity contribution is 0.0558. The van der Waals surface area contributed by atoms with Crippen LogP contribution in [0.4, 0.5) is 10.1 Å². The highest BCUT2D eigenvalue weighted by molar-refractivity contribution is 5.94. The molecule has 4 heteroatoms. The number of hydrogen-bond acceptors (Lipinski definition) is 3. The fourth-order valence-corrected chi connectivity index (χ4v) is 2.75.